The minimum Gasteiger partial charge on any atom is -0.335 e. The first-order valence-electron chi connectivity index (χ1n) is 12.2. The van der Waals surface area contributed by atoms with Crippen LogP contribution < -0.4 is 5.01 Å². The molecule has 0 aromatic heterocycles. The van der Waals surface area contributed by atoms with E-state index in [0.29, 0.717) is 37.3 Å². The van der Waals surface area contributed by atoms with E-state index in [9.17, 15) is 9.59 Å². The molecule has 0 N–H and O–H groups in total. The molecule has 0 saturated carbocycles. The molecule has 35 heavy (non-hydrogen) atoms. The topological polar surface area (TPSA) is 56.2 Å². The Morgan fingerprint density at radius 2 is 1.43 bits per heavy atom. The molecule has 6 nitrogen and oxygen atoms in total. The molecule has 2 heterocycles. The number of hydrogen-bond acceptors (Lipinski definition) is 4. The molecule has 5 rings (SSSR count). The molecule has 3 aromatic rings. The van der Waals surface area contributed by atoms with E-state index in [0.717, 1.165) is 18.7 Å². The Morgan fingerprint density at radius 1 is 0.800 bits per heavy atom. The van der Waals surface area contributed by atoms with Gasteiger partial charge in [0.2, 0.25) is 5.91 Å². The zero-order valence-electron chi connectivity index (χ0n) is 20.0. The van der Waals surface area contributed by atoms with Crippen molar-refractivity contribution < 1.29 is 9.59 Å². The summed E-state index contributed by atoms with van der Waals surface area (Å²) in [7, 11) is 0. The number of hydrazone groups is 1. The van der Waals surface area contributed by atoms with Gasteiger partial charge in [-0.25, -0.2) is 5.01 Å². The lowest BCUT2D eigenvalue weighted by Gasteiger charge is -2.40. The van der Waals surface area contributed by atoms with E-state index in [1.807, 2.05) is 48.2 Å². The minimum atomic E-state index is -0.0782. The van der Waals surface area contributed by atoms with Crippen LogP contribution in [0.15, 0.2) is 90.0 Å². The fourth-order valence-electron chi connectivity index (χ4n) is 4.92. The Hall–Kier alpha value is -3.77. The third-order valence-corrected chi connectivity index (χ3v) is 6.72. The van der Waals surface area contributed by atoms with Gasteiger partial charge >= 0.3 is 0 Å². The maximum atomic E-state index is 13.4. The van der Waals surface area contributed by atoms with E-state index in [1.54, 1.807) is 0 Å². The number of anilines is 1. The van der Waals surface area contributed by atoms with Crippen molar-refractivity contribution in [3.05, 3.63) is 102 Å². The first-order chi connectivity index (χ1) is 17.1. The van der Waals surface area contributed by atoms with Gasteiger partial charge in [-0.15, -0.1) is 0 Å². The maximum Gasteiger partial charge on any atom is 0.270 e. The van der Waals surface area contributed by atoms with Crippen molar-refractivity contribution in [3.8, 4) is 0 Å². The van der Waals surface area contributed by atoms with Crippen LogP contribution in [0.2, 0.25) is 0 Å². The Bertz CT molecular complexity index is 1180. The molecular formula is C29H30N4O2. The van der Waals surface area contributed by atoms with E-state index in [4.69, 9.17) is 0 Å². The van der Waals surface area contributed by atoms with Gasteiger partial charge in [-0.2, -0.15) is 5.10 Å². The van der Waals surface area contributed by atoms with Crippen molar-refractivity contribution in [3.63, 3.8) is 0 Å². The normalized spacial score (nSPS) is 17.0. The van der Waals surface area contributed by atoms with Gasteiger partial charge in [-0.1, -0.05) is 72.8 Å². The second-order valence-corrected chi connectivity index (χ2v) is 9.14. The van der Waals surface area contributed by atoms with Gasteiger partial charge in [0.25, 0.3) is 5.91 Å². The second-order valence-electron chi connectivity index (χ2n) is 9.14. The molecule has 0 aliphatic carbocycles. The number of carbonyl (C=O) groups excluding carboxylic acids is 2. The highest BCUT2D eigenvalue weighted by Gasteiger charge is 2.32. The van der Waals surface area contributed by atoms with E-state index < -0.39 is 0 Å². The Kier molecular flexibility index (Phi) is 6.73. The first kappa shape index (κ1) is 23.0. The lowest BCUT2D eigenvalue weighted by Crippen LogP contribution is -2.52. The van der Waals surface area contributed by atoms with Crippen LogP contribution in [0, 0.1) is 6.92 Å². The van der Waals surface area contributed by atoms with Crippen LogP contribution in [-0.4, -0.2) is 53.5 Å². The zero-order chi connectivity index (χ0) is 24.2. The molecule has 178 valence electrons. The molecule has 0 spiro atoms. The van der Waals surface area contributed by atoms with Crippen LogP contribution in [0.3, 0.4) is 0 Å². The van der Waals surface area contributed by atoms with Crippen molar-refractivity contribution in [2.75, 3.05) is 31.2 Å². The number of nitrogens with zero attached hydrogens (tertiary/aromatic N) is 4. The molecule has 1 saturated heterocycles. The molecule has 2 aliphatic rings. The molecule has 2 aliphatic heterocycles. The van der Waals surface area contributed by atoms with Crippen LogP contribution in [0.5, 0.6) is 0 Å². The van der Waals surface area contributed by atoms with Crippen LogP contribution in [0.4, 0.5) is 5.69 Å². The number of amides is 2. The van der Waals surface area contributed by atoms with E-state index in [1.165, 1.54) is 16.1 Å². The molecule has 3 aromatic carbocycles. The Morgan fingerprint density at radius 3 is 2.03 bits per heavy atom. The maximum absolute atomic E-state index is 13.4. The summed E-state index contributed by atoms with van der Waals surface area (Å²) >= 11 is 0. The third kappa shape index (κ3) is 5.03. The molecule has 0 unspecified atom stereocenters. The summed E-state index contributed by atoms with van der Waals surface area (Å²) in [6, 6.07) is 28.9. The van der Waals surface area contributed by atoms with Crippen molar-refractivity contribution in [2.24, 2.45) is 5.10 Å². The van der Waals surface area contributed by atoms with Crippen LogP contribution in [0.1, 0.15) is 35.6 Å². The largest absolute Gasteiger partial charge is 0.335 e. The van der Waals surface area contributed by atoms with Crippen molar-refractivity contribution in [1.29, 1.82) is 0 Å². The summed E-state index contributed by atoms with van der Waals surface area (Å²) in [5.41, 5.74) is 4.72. The van der Waals surface area contributed by atoms with E-state index in [-0.39, 0.29) is 17.9 Å². The predicted molar refractivity (Wildman–Crippen MR) is 138 cm³/mol. The van der Waals surface area contributed by atoms with Crippen LogP contribution in [0.25, 0.3) is 0 Å². The SMILES string of the molecule is Cc1cccc(N2N=C(C(=O)N3CCN(C(c4ccccc4)c4ccccc4)CC3)CCC2=O)c1. The van der Waals surface area contributed by atoms with Gasteiger partial charge < -0.3 is 4.90 Å². The smallest absolute Gasteiger partial charge is 0.270 e. The number of aryl methyl sites for hydroxylation is 1. The van der Waals surface area contributed by atoms with Gasteiger partial charge in [0, 0.05) is 39.0 Å². The van der Waals surface area contributed by atoms with Crippen molar-refractivity contribution >= 4 is 23.2 Å². The number of benzene rings is 3. The summed E-state index contributed by atoms with van der Waals surface area (Å²) < 4.78 is 0. The van der Waals surface area contributed by atoms with E-state index in [2.05, 4.69) is 58.5 Å². The monoisotopic (exact) mass is 466 g/mol. The van der Waals surface area contributed by atoms with E-state index >= 15 is 0 Å². The highest BCUT2D eigenvalue weighted by atomic mass is 16.2. The van der Waals surface area contributed by atoms with Gasteiger partial charge in [0.1, 0.15) is 5.71 Å². The highest BCUT2D eigenvalue weighted by molar-refractivity contribution is 6.40. The molecular weight excluding hydrogens is 436 g/mol. The van der Waals surface area contributed by atoms with Gasteiger partial charge in [0.05, 0.1) is 11.7 Å². The molecule has 6 heteroatoms. The van der Waals surface area contributed by atoms with Crippen LogP contribution in [-0.2, 0) is 9.59 Å². The zero-order valence-corrected chi connectivity index (χ0v) is 20.0. The molecule has 0 radical (unpaired) electrons. The average molecular weight is 467 g/mol. The van der Waals surface area contributed by atoms with Crippen molar-refractivity contribution in [1.82, 2.24) is 9.80 Å². The first-order valence-corrected chi connectivity index (χ1v) is 12.2. The Labute approximate surface area is 206 Å². The van der Waals surface area contributed by atoms with Gasteiger partial charge in [0.15, 0.2) is 0 Å². The fourth-order valence-corrected chi connectivity index (χ4v) is 4.92. The van der Waals surface area contributed by atoms with Gasteiger partial charge in [-0.3, -0.25) is 14.5 Å². The van der Waals surface area contributed by atoms with Crippen LogP contribution >= 0.6 is 0 Å². The number of piperazine rings is 1. The summed E-state index contributed by atoms with van der Waals surface area (Å²) in [5, 5.41) is 5.88. The molecule has 0 bridgehead atoms. The standard InChI is InChI=1S/C29H30N4O2/c1-22-9-8-14-25(21-22)33-27(34)16-15-26(30-33)29(35)32-19-17-31(18-20-32)28(23-10-4-2-5-11-23)24-12-6-3-7-13-24/h2-14,21,28H,15-20H2,1H3. The third-order valence-electron chi connectivity index (χ3n) is 6.72. The molecule has 0 atom stereocenters. The lowest BCUT2D eigenvalue weighted by atomic mass is 9.96. The summed E-state index contributed by atoms with van der Waals surface area (Å²) in [5.74, 6) is -0.142. The number of hydrogen-bond donors (Lipinski definition) is 0. The predicted octanol–water partition coefficient (Wildman–Crippen LogP) is 4.41. The second kappa shape index (κ2) is 10.2. The van der Waals surface area contributed by atoms with Crippen molar-refractivity contribution in [2.45, 2.75) is 25.8 Å². The van der Waals surface area contributed by atoms with Gasteiger partial charge in [-0.05, 0) is 35.7 Å². The number of rotatable bonds is 5. The highest BCUT2D eigenvalue weighted by Crippen LogP contribution is 2.30. The summed E-state index contributed by atoms with van der Waals surface area (Å²) in [4.78, 5) is 30.2. The summed E-state index contributed by atoms with van der Waals surface area (Å²) in [6.45, 7) is 4.78. The molecule has 2 amide bonds. The molecule has 1 fully saturated rings. The Balaban J connectivity index is 1.31. The number of carbonyl (C=O) groups is 2. The summed E-state index contributed by atoms with van der Waals surface area (Å²) in [6.07, 6.45) is 0.680. The quantitative estimate of drug-likeness (QED) is 0.560. The minimum absolute atomic E-state index is 0.0641. The fraction of sp³-hybridized carbons (Fsp3) is 0.276. The lowest BCUT2D eigenvalue weighted by molar-refractivity contribution is -0.126. The average Bonchev–Trinajstić information content (AvgIpc) is 2.90.